The predicted molar refractivity (Wildman–Crippen MR) is 82.6 cm³/mol. The van der Waals surface area contributed by atoms with Crippen molar-refractivity contribution >= 4 is 16.7 Å². The lowest BCUT2D eigenvalue weighted by Crippen LogP contribution is -2.22. The van der Waals surface area contributed by atoms with Crippen LogP contribution in [0, 0.1) is 0 Å². The summed E-state index contributed by atoms with van der Waals surface area (Å²) in [5.41, 5.74) is 7.48. The van der Waals surface area contributed by atoms with Crippen LogP contribution in [0.5, 0.6) is 0 Å². The zero-order chi connectivity index (χ0) is 15.0. The van der Waals surface area contributed by atoms with Gasteiger partial charge in [0.25, 0.3) is 0 Å². The molecule has 2 heterocycles. The highest BCUT2D eigenvalue weighted by Gasteiger charge is 2.31. The second kappa shape index (κ2) is 5.07. The van der Waals surface area contributed by atoms with Gasteiger partial charge in [-0.1, -0.05) is 5.16 Å². The first-order chi connectivity index (χ1) is 9.98. The number of rotatable bonds is 3. The number of nitrogens with two attached hydrogens (primary N) is 1. The number of benzene rings is 1. The number of hydrogen-bond donors (Lipinski definition) is 2. The first-order valence-corrected chi connectivity index (χ1v) is 7.23. The van der Waals surface area contributed by atoms with Gasteiger partial charge in [0.05, 0.1) is 11.7 Å². The van der Waals surface area contributed by atoms with E-state index in [1.54, 1.807) is 0 Å². The van der Waals surface area contributed by atoms with Gasteiger partial charge in [0.15, 0.2) is 5.84 Å². The maximum atomic E-state index is 8.75. The van der Waals surface area contributed by atoms with E-state index < -0.39 is 0 Å². The van der Waals surface area contributed by atoms with E-state index in [-0.39, 0.29) is 17.5 Å². The molecular formula is C16H21N3O2. The van der Waals surface area contributed by atoms with E-state index in [0.717, 1.165) is 35.9 Å². The van der Waals surface area contributed by atoms with Crippen LogP contribution in [-0.2, 0) is 11.3 Å². The van der Waals surface area contributed by atoms with Crippen LogP contribution < -0.4 is 5.73 Å². The molecule has 0 bridgehead atoms. The molecule has 1 atom stereocenters. The summed E-state index contributed by atoms with van der Waals surface area (Å²) in [5.74, 6) is 0.130. The normalized spacial score (nSPS) is 22.0. The molecule has 0 spiro atoms. The van der Waals surface area contributed by atoms with E-state index >= 15 is 0 Å². The van der Waals surface area contributed by atoms with Crippen LogP contribution in [0.25, 0.3) is 10.9 Å². The van der Waals surface area contributed by atoms with E-state index in [1.165, 1.54) is 0 Å². The number of oxime groups is 1. The number of hydrogen-bond acceptors (Lipinski definition) is 3. The number of nitrogens with zero attached hydrogens (tertiary/aromatic N) is 2. The van der Waals surface area contributed by atoms with Gasteiger partial charge in [0.2, 0.25) is 0 Å². The summed E-state index contributed by atoms with van der Waals surface area (Å²) in [4.78, 5) is 0. The molecule has 1 fully saturated rings. The molecule has 21 heavy (non-hydrogen) atoms. The highest BCUT2D eigenvalue weighted by molar-refractivity contribution is 6.00. The lowest BCUT2D eigenvalue weighted by Gasteiger charge is -2.20. The molecule has 1 aliphatic heterocycles. The summed E-state index contributed by atoms with van der Waals surface area (Å²) in [5, 5.41) is 12.9. The van der Waals surface area contributed by atoms with Crippen molar-refractivity contribution in [3.8, 4) is 0 Å². The van der Waals surface area contributed by atoms with E-state index in [9.17, 15) is 0 Å². The summed E-state index contributed by atoms with van der Waals surface area (Å²) in [7, 11) is 0. The molecule has 3 N–H and O–H groups in total. The molecule has 2 aromatic rings. The molecule has 112 valence electrons. The highest BCUT2D eigenvalue weighted by atomic mass is 16.5. The van der Waals surface area contributed by atoms with Crippen LogP contribution in [0.2, 0.25) is 0 Å². The fourth-order valence-corrected chi connectivity index (χ4v) is 3.00. The number of aromatic nitrogens is 1. The third-order valence-electron chi connectivity index (χ3n) is 4.13. The van der Waals surface area contributed by atoms with Crippen molar-refractivity contribution < 1.29 is 9.94 Å². The molecule has 1 aromatic carbocycles. The predicted octanol–water partition coefficient (Wildman–Crippen LogP) is 2.69. The van der Waals surface area contributed by atoms with E-state index in [2.05, 4.69) is 29.8 Å². The van der Waals surface area contributed by atoms with Gasteiger partial charge in [-0.3, -0.25) is 0 Å². The fraction of sp³-hybridized carbons (Fsp3) is 0.438. The van der Waals surface area contributed by atoms with Crippen molar-refractivity contribution in [3.63, 3.8) is 0 Å². The van der Waals surface area contributed by atoms with E-state index in [4.69, 9.17) is 15.7 Å². The van der Waals surface area contributed by atoms with E-state index in [0.29, 0.717) is 0 Å². The third-order valence-corrected chi connectivity index (χ3v) is 4.13. The average Bonchev–Trinajstić information content (AvgIpc) is 3.01. The Labute approximate surface area is 124 Å². The molecule has 0 saturated carbocycles. The SMILES string of the molecule is CC1(C)CCC(Cn2ccc3cc(/C(N)=N/O)ccc32)O1. The van der Waals surface area contributed by atoms with Crippen molar-refractivity contribution in [3.05, 3.63) is 36.0 Å². The summed E-state index contributed by atoms with van der Waals surface area (Å²) in [6.45, 7) is 5.14. The maximum absolute atomic E-state index is 8.75. The van der Waals surface area contributed by atoms with Gasteiger partial charge in [-0.2, -0.15) is 0 Å². The first kappa shape index (κ1) is 13.9. The van der Waals surface area contributed by atoms with Crippen molar-refractivity contribution in [2.24, 2.45) is 10.9 Å². The van der Waals surface area contributed by atoms with E-state index in [1.807, 2.05) is 24.3 Å². The standard InChI is InChI=1S/C16H21N3O2/c1-16(2)7-5-13(21-16)10-19-8-6-11-9-12(15(17)18-20)3-4-14(11)19/h3-4,6,8-9,13,20H,5,7,10H2,1-2H3,(H2,17,18). The smallest absolute Gasteiger partial charge is 0.170 e. The Kier molecular flexibility index (Phi) is 3.37. The minimum Gasteiger partial charge on any atom is -0.409 e. The monoisotopic (exact) mass is 287 g/mol. The zero-order valence-corrected chi connectivity index (χ0v) is 12.4. The zero-order valence-electron chi connectivity index (χ0n) is 12.4. The average molecular weight is 287 g/mol. The third kappa shape index (κ3) is 2.74. The minimum absolute atomic E-state index is 0.00711. The molecule has 0 radical (unpaired) electrons. The Hall–Kier alpha value is -2.01. The molecular weight excluding hydrogens is 266 g/mol. The Morgan fingerprint density at radius 2 is 2.29 bits per heavy atom. The number of amidine groups is 1. The Morgan fingerprint density at radius 1 is 1.48 bits per heavy atom. The molecule has 0 amide bonds. The summed E-state index contributed by atoms with van der Waals surface area (Å²) in [6, 6.07) is 7.85. The summed E-state index contributed by atoms with van der Waals surface area (Å²) < 4.78 is 8.26. The lowest BCUT2D eigenvalue weighted by molar-refractivity contribution is -0.0212. The van der Waals surface area contributed by atoms with Crippen molar-refractivity contribution in [1.82, 2.24) is 4.57 Å². The maximum Gasteiger partial charge on any atom is 0.170 e. The largest absolute Gasteiger partial charge is 0.409 e. The Balaban J connectivity index is 1.84. The van der Waals surface area contributed by atoms with Crippen LogP contribution in [0.4, 0.5) is 0 Å². The van der Waals surface area contributed by atoms with Gasteiger partial charge in [-0.15, -0.1) is 0 Å². The van der Waals surface area contributed by atoms with Crippen molar-refractivity contribution in [2.45, 2.75) is 44.9 Å². The quantitative estimate of drug-likeness (QED) is 0.394. The van der Waals surface area contributed by atoms with Gasteiger partial charge in [-0.25, -0.2) is 0 Å². The molecule has 1 aromatic heterocycles. The lowest BCUT2D eigenvalue weighted by atomic mass is 10.1. The Bertz CT molecular complexity index is 688. The Morgan fingerprint density at radius 3 is 2.95 bits per heavy atom. The summed E-state index contributed by atoms with van der Waals surface area (Å²) in [6.07, 6.45) is 4.52. The molecule has 1 unspecified atom stereocenters. The molecule has 0 aliphatic carbocycles. The van der Waals surface area contributed by atoms with Crippen molar-refractivity contribution in [1.29, 1.82) is 0 Å². The van der Waals surface area contributed by atoms with Gasteiger partial charge in [-0.05, 0) is 51.0 Å². The van der Waals surface area contributed by atoms with Crippen LogP contribution in [0.3, 0.4) is 0 Å². The van der Waals surface area contributed by atoms with Crippen LogP contribution >= 0.6 is 0 Å². The molecule has 1 aliphatic rings. The van der Waals surface area contributed by atoms with Gasteiger partial charge < -0.3 is 20.2 Å². The highest BCUT2D eigenvalue weighted by Crippen LogP contribution is 2.31. The van der Waals surface area contributed by atoms with Crippen LogP contribution in [0.1, 0.15) is 32.3 Å². The molecule has 5 heteroatoms. The van der Waals surface area contributed by atoms with Gasteiger partial charge >= 0.3 is 0 Å². The number of fused-ring (bicyclic) bond motifs is 1. The van der Waals surface area contributed by atoms with Crippen molar-refractivity contribution in [2.75, 3.05) is 0 Å². The second-order valence-electron chi connectivity index (χ2n) is 6.27. The van der Waals surface area contributed by atoms with Crippen LogP contribution in [0.15, 0.2) is 35.6 Å². The fourth-order valence-electron chi connectivity index (χ4n) is 3.00. The first-order valence-electron chi connectivity index (χ1n) is 7.23. The minimum atomic E-state index is -0.00711. The van der Waals surface area contributed by atoms with Crippen LogP contribution in [-0.4, -0.2) is 27.3 Å². The molecule has 1 saturated heterocycles. The van der Waals surface area contributed by atoms with Gasteiger partial charge in [0, 0.05) is 29.2 Å². The topological polar surface area (TPSA) is 72.8 Å². The summed E-state index contributed by atoms with van der Waals surface area (Å²) >= 11 is 0. The molecule has 5 nitrogen and oxygen atoms in total. The van der Waals surface area contributed by atoms with Gasteiger partial charge in [0.1, 0.15) is 0 Å². The number of ether oxygens (including phenoxy) is 1. The second-order valence-corrected chi connectivity index (χ2v) is 6.27. The molecule has 3 rings (SSSR count).